The topological polar surface area (TPSA) is 67.8 Å². The van der Waals surface area contributed by atoms with Crippen molar-refractivity contribution >= 4 is 29.0 Å². The Morgan fingerprint density at radius 2 is 1.95 bits per heavy atom. The quantitative estimate of drug-likeness (QED) is 0.386. The third-order valence-electron chi connectivity index (χ3n) is 2.68. The van der Waals surface area contributed by atoms with Crippen LogP contribution in [0.4, 0.5) is 0 Å². The van der Waals surface area contributed by atoms with E-state index in [1.807, 2.05) is 6.92 Å². The van der Waals surface area contributed by atoms with Crippen molar-refractivity contribution in [2.75, 3.05) is 0 Å². The number of ether oxygens (including phenoxy) is 1. The molecule has 0 saturated heterocycles. The first kappa shape index (κ1) is 14.5. The van der Waals surface area contributed by atoms with Crippen molar-refractivity contribution < 1.29 is 9.94 Å². The van der Waals surface area contributed by atoms with Gasteiger partial charge in [-0.15, -0.1) is 0 Å². The van der Waals surface area contributed by atoms with Crippen LogP contribution in [0.15, 0.2) is 41.6 Å². The number of benzene rings is 2. The van der Waals surface area contributed by atoms with Crippen LogP contribution >= 0.6 is 23.2 Å². The van der Waals surface area contributed by atoms with Crippen molar-refractivity contribution in [2.45, 2.75) is 6.92 Å². The highest BCUT2D eigenvalue weighted by molar-refractivity contribution is 6.31. The summed E-state index contributed by atoms with van der Waals surface area (Å²) in [5, 5.41) is 12.9. The second-order valence-electron chi connectivity index (χ2n) is 4.14. The molecule has 0 aromatic heterocycles. The Morgan fingerprint density at radius 1 is 1.20 bits per heavy atom. The van der Waals surface area contributed by atoms with Crippen molar-refractivity contribution in [3.63, 3.8) is 0 Å². The molecule has 104 valence electrons. The van der Waals surface area contributed by atoms with Gasteiger partial charge in [0.15, 0.2) is 5.84 Å². The van der Waals surface area contributed by atoms with Gasteiger partial charge in [0.1, 0.15) is 11.5 Å². The van der Waals surface area contributed by atoms with Crippen LogP contribution in [0.25, 0.3) is 0 Å². The van der Waals surface area contributed by atoms with Gasteiger partial charge in [-0.3, -0.25) is 0 Å². The number of rotatable bonds is 3. The zero-order valence-corrected chi connectivity index (χ0v) is 12.1. The highest BCUT2D eigenvalue weighted by Crippen LogP contribution is 2.30. The van der Waals surface area contributed by atoms with E-state index in [0.29, 0.717) is 27.1 Å². The van der Waals surface area contributed by atoms with Gasteiger partial charge in [0.05, 0.1) is 5.56 Å². The monoisotopic (exact) mass is 310 g/mol. The first-order chi connectivity index (χ1) is 9.51. The molecule has 4 nitrogen and oxygen atoms in total. The molecule has 2 rings (SSSR count). The fourth-order valence-corrected chi connectivity index (χ4v) is 1.93. The van der Waals surface area contributed by atoms with Crippen molar-refractivity contribution in [3.05, 3.63) is 57.6 Å². The number of hydrogen-bond acceptors (Lipinski definition) is 3. The highest BCUT2D eigenvalue weighted by Gasteiger charge is 2.11. The lowest BCUT2D eigenvalue weighted by molar-refractivity contribution is 0.318. The summed E-state index contributed by atoms with van der Waals surface area (Å²) in [5.74, 6) is 0.929. The molecule has 0 aliphatic carbocycles. The van der Waals surface area contributed by atoms with Crippen LogP contribution in [-0.4, -0.2) is 11.0 Å². The van der Waals surface area contributed by atoms with Crippen LogP contribution in [0.1, 0.15) is 11.1 Å². The van der Waals surface area contributed by atoms with Gasteiger partial charge in [-0.2, -0.15) is 0 Å². The second-order valence-corrected chi connectivity index (χ2v) is 4.98. The molecular formula is C14H12Cl2N2O2. The minimum atomic E-state index is -0.0534. The lowest BCUT2D eigenvalue weighted by atomic mass is 10.2. The summed E-state index contributed by atoms with van der Waals surface area (Å²) in [6.45, 7) is 1.87. The number of oxime groups is 1. The van der Waals surface area contributed by atoms with E-state index in [1.54, 1.807) is 36.4 Å². The molecule has 0 unspecified atom stereocenters. The van der Waals surface area contributed by atoms with Crippen LogP contribution in [0, 0.1) is 6.92 Å². The number of nitrogens with two attached hydrogens (primary N) is 1. The zero-order valence-electron chi connectivity index (χ0n) is 10.6. The molecule has 0 saturated carbocycles. The summed E-state index contributed by atoms with van der Waals surface area (Å²) < 4.78 is 5.73. The summed E-state index contributed by atoms with van der Waals surface area (Å²) in [4.78, 5) is 0. The average molecular weight is 311 g/mol. The van der Waals surface area contributed by atoms with Gasteiger partial charge in [-0.25, -0.2) is 0 Å². The lowest BCUT2D eigenvalue weighted by Gasteiger charge is -2.11. The molecule has 0 atom stereocenters. The lowest BCUT2D eigenvalue weighted by Crippen LogP contribution is -2.14. The van der Waals surface area contributed by atoms with Gasteiger partial charge in [0, 0.05) is 16.1 Å². The van der Waals surface area contributed by atoms with Crippen molar-refractivity contribution in [1.82, 2.24) is 0 Å². The van der Waals surface area contributed by atoms with E-state index in [-0.39, 0.29) is 5.84 Å². The van der Waals surface area contributed by atoms with Crippen LogP contribution < -0.4 is 10.5 Å². The largest absolute Gasteiger partial charge is 0.457 e. The van der Waals surface area contributed by atoms with Crippen LogP contribution in [0.3, 0.4) is 0 Å². The molecule has 20 heavy (non-hydrogen) atoms. The summed E-state index contributed by atoms with van der Waals surface area (Å²) in [6.07, 6.45) is 0. The SMILES string of the molecule is Cc1cc(Oc2cc(Cl)ccc2C(N)=NO)ccc1Cl. The van der Waals surface area contributed by atoms with E-state index < -0.39 is 0 Å². The molecule has 0 amide bonds. The molecule has 0 fully saturated rings. The van der Waals surface area contributed by atoms with E-state index in [1.165, 1.54) is 0 Å². The highest BCUT2D eigenvalue weighted by atomic mass is 35.5. The predicted molar refractivity (Wildman–Crippen MR) is 80.2 cm³/mol. The third kappa shape index (κ3) is 3.15. The zero-order chi connectivity index (χ0) is 14.7. The average Bonchev–Trinajstić information content (AvgIpc) is 2.42. The van der Waals surface area contributed by atoms with Gasteiger partial charge in [0.2, 0.25) is 0 Å². The first-order valence-corrected chi connectivity index (χ1v) is 6.48. The Hall–Kier alpha value is -1.91. The molecule has 6 heteroatoms. The minimum absolute atomic E-state index is 0.0534. The maximum atomic E-state index is 8.79. The van der Waals surface area contributed by atoms with Crippen molar-refractivity contribution in [1.29, 1.82) is 0 Å². The Balaban J connectivity index is 2.41. The molecule has 0 radical (unpaired) electrons. The van der Waals surface area contributed by atoms with Crippen molar-refractivity contribution in [3.8, 4) is 11.5 Å². The first-order valence-electron chi connectivity index (χ1n) is 5.72. The van der Waals surface area contributed by atoms with Crippen LogP contribution in [-0.2, 0) is 0 Å². The van der Waals surface area contributed by atoms with Crippen LogP contribution in [0.2, 0.25) is 10.0 Å². The molecule has 0 aliphatic heterocycles. The van der Waals surface area contributed by atoms with Gasteiger partial charge in [-0.1, -0.05) is 28.4 Å². The van der Waals surface area contributed by atoms with E-state index >= 15 is 0 Å². The second kappa shape index (κ2) is 6.03. The number of aryl methyl sites for hydroxylation is 1. The Labute approximate surface area is 126 Å². The Bertz CT molecular complexity index is 672. The summed E-state index contributed by atoms with van der Waals surface area (Å²) in [5.41, 5.74) is 6.94. The molecule has 0 heterocycles. The molecule has 0 bridgehead atoms. The van der Waals surface area contributed by atoms with Crippen molar-refractivity contribution in [2.24, 2.45) is 10.9 Å². The minimum Gasteiger partial charge on any atom is -0.457 e. The van der Waals surface area contributed by atoms with E-state index in [2.05, 4.69) is 5.16 Å². The molecule has 0 spiro atoms. The third-order valence-corrected chi connectivity index (χ3v) is 3.34. The maximum absolute atomic E-state index is 8.79. The van der Waals surface area contributed by atoms with Crippen LogP contribution in [0.5, 0.6) is 11.5 Å². The summed E-state index contributed by atoms with van der Waals surface area (Å²) >= 11 is 11.9. The van der Waals surface area contributed by atoms with Gasteiger partial charge in [-0.05, 0) is 42.8 Å². The standard InChI is InChI=1S/C14H12Cl2N2O2/c1-8-6-10(3-5-12(8)16)20-13-7-9(15)2-4-11(13)14(17)18-19/h2-7,19H,1H3,(H2,17,18). The predicted octanol–water partition coefficient (Wildman–Crippen LogP) is 4.19. The normalized spacial score (nSPS) is 11.4. The molecular weight excluding hydrogens is 299 g/mol. The molecule has 2 aromatic carbocycles. The molecule has 3 N–H and O–H groups in total. The van der Waals surface area contributed by atoms with Gasteiger partial charge in [0.25, 0.3) is 0 Å². The number of amidine groups is 1. The maximum Gasteiger partial charge on any atom is 0.173 e. The fourth-order valence-electron chi connectivity index (χ4n) is 1.65. The number of halogens is 2. The van der Waals surface area contributed by atoms with Gasteiger partial charge < -0.3 is 15.7 Å². The van der Waals surface area contributed by atoms with E-state index in [0.717, 1.165) is 5.56 Å². The van der Waals surface area contributed by atoms with E-state index in [9.17, 15) is 0 Å². The molecule has 0 aliphatic rings. The Kier molecular flexibility index (Phi) is 4.37. The number of hydrogen-bond donors (Lipinski definition) is 2. The summed E-state index contributed by atoms with van der Waals surface area (Å²) in [6, 6.07) is 10.1. The number of nitrogens with zero attached hydrogens (tertiary/aromatic N) is 1. The fraction of sp³-hybridized carbons (Fsp3) is 0.0714. The van der Waals surface area contributed by atoms with E-state index in [4.69, 9.17) is 38.9 Å². The van der Waals surface area contributed by atoms with Gasteiger partial charge >= 0.3 is 0 Å². The Morgan fingerprint density at radius 3 is 2.60 bits per heavy atom. The molecule has 2 aromatic rings. The smallest absolute Gasteiger partial charge is 0.173 e. The summed E-state index contributed by atoms with van der Waals surface area (Å²) in [7, 11) is 0.